The van der Waals surface area contributed by atoms with Gasteiger partial charge >= 0.3 is 0 Å². The van der Waals surface area contributed by atoms with Crippen molar-refractivity contribution in [1.82, 2.24) is 0 Å². The fourth-order valence-electron chi connectivity index (χ4n) is 4.26. The van der Waals surface area contributed by atoms with Crippen LogP contribution >= 0.6 is 0 Å². The second-order valence-electron chi connectivity index (χ2n) is 8.42. The zero-order chi connectivity index (χ0) is 24.8. The standard InChI is InChI=1S/C29H30N2O4/c1-4-10-22-15-16-26(27(19-22)34-3)35-18-17-30-24-13-8-9-14-25(24)31(20-21(2)28(30)32)29(33)23-11-6-5-7-12-23/h4-16,19,21H,17-18,20H2,1-3H3/b10-4+. The minimum Gasteiger partial charge on any atom is -0.493 e. The Labute approximate surface area is 206 Å². The number of benzene rings is 3. The van der Waals surface area contributed by atoms with Gasteiger partial charge < -0.3 is 19.3 Å². The van der Waals surface area contributed by atoms with Gasteiger partial charge in [-0.2, -0.15) is 0 Å². The molecular formula is C29H30N2O4. The molecule has 0 bridgehead atoms. The molecule has 2 amide bonds. The van der Waals surface area contributed by atoms with Crippen LogP contribution in [0.15, 0.2) is 78.9 Å². The maximum absolute atomic E-state index is 13.4. The van der Waals surface area contributed by atoms with E-state index in [2.05, 4.69) is 0 Å². The van der Waals surface area contributed by atoms with E-state index in [0.717, 1.165) is 5.56 Å². The highest BCUT2D eigenvalue weighted by molar-refractivity contribution is 6.11. The van der Waals surface area contributed by atoms with Crippen LogP contribution in [0.2, 0.25) is 0 Å². The lowest BCUT2D eigenvalue weighted by Gasteiger charge is -2.25. The molecule has 0 radical (unpaired) electrons. The summed E-state index contributed by atoms with van der Waals surface area (Å²) in [6, 6.07) is 22.4. The van der Waals surface area contributed by atoms with Crippen molar-refractivity contribution in [3.63, 3.8) is 0 Å². The second kappa shape index (κ2) is 10.9. The number of carbonyl (C=O) groups is 2. The molecule has 1 unspecified atom stereocenters. The van der Waals surface area contributed by atoms with Gasteiger partial charge in [0.1, 0.15) is 6.61 Å². The van der Waals surface area contributed by atoms with Gasteiger partial charge in [-0.15, -0.1) is 0 Å². The van der Waals surface area contributed by atoms with Gasteiger partial charge in [0.05, 0.1) is 30.9 Å². The first-order valence-corrected chi connectivity index (χ1v) is 11.7. The third-order valence-electron chi connectivity index (χ3n) is 5.99. The number of hydrogen-bond acceptors (Lipinski definition) is 4. The summed E-state index contributed by atoms with van der Waals surface area (Å²) in [7, 11) is 1.61. The molecule has 0 aromatic heterocycles. The summed E-state index contributed by atoms with van der Waals surface area (Å²) >= 11 is 0. The Morgan fingerprint density at radius 1 is 1.00 bits per heavy atom. The van der Waals surface area contributed by atoms with Crippen molar-refractivity contribution in [2.45, 2.75) is 13.8 Å². The van der Waals surface area contributed by atoms with Crippen molar-refractivity contribution < 1.29 is 19.1 Å². The van der Waals surface area contributed by atoms with Crippen LogP contribution in [-0.2, 0) is 4.79 Å². The van der Waals surface area contributed by atoms with Gasteiger partial charge in [0, 0.05) is 12.1 Å². The van der Waals surface area contributed by atoms with Crippen LogP contribution in [0, 0.1) is 5.92 Å². The van der Waals surface area contributed by atoms with Crippen LogP contribution in [0.3, 0.4) is 0 Å². The summed E-state index contributed by atoms with van der Waals surface area (Å²) in [5.74, 6) is 0.715. The Kier molecular flexibility index (Phi) is 7.51. The van der Waals surface area contributed by atoms with Gasteiger partial charge in [-0.1, -0.05) is 55.5 Å². The Balaban J connectivity index is 1.58. The van der Waals surface area contributed by atoms with E-state index in [0.29, 0.717) is 41.5 Å². The number of fused-ring (bicyclic) bond motifs is 1. The third-order valence-corrected chi connectivity index (χ3v) is 5.99. The molecule has 0 saturated heterocycles. The molecule has 1 heterocycles. The predicted molar refractivity (Wildman–Crippen MR) is 139 cm³/mol. The molecule has 6 heteroatoms. The molecule has 0 spiro atoms. The molecule has 0 N–H and O–H groups in total. The van der Waals surface area contributed by atoms with E-state index in [1.165, 1.54) is 0 Å². The summed E-state index contributed by atoms with van der Waals surface area (Å²) in [6.45, 7) is 4.74. The monoisotopic (exact) mass is 470 g/mol. The molecule has 35 heavy (non-hydrogen) atoms. The van der Waals surface area contributed by atoms with E-state index in [-0.39, 0.29) is 24.3 Å². The molecule has 6 nitrogen and oxygen atoms in total. The van der Waals surface area contributed by atoms with Crippen molar-refractivity contribution >= 4 is 29.3 Å². The number of amides is 2. The van der Waals surface area contributed by atoms with Crippen LogP contribution in [0.4, 0.5) is 11.4 Å². The van der Waals surface area contributed by atoms with Crippen molar-refractivity contribution in [3.05, 3.63) is 90.0 Å². The summed E-state index contributed by atoms with van der Waals surface area (Å²) in [6.07, 6.45) is 3.95. The van der Waals surface area contributed by atoms with E-state index in [4.69, 9.17) is 9.47 Å². The van der Waals surface area contributed by atoms with Crippen LogP contribution in [0.1, 0.15) is 29.8 Å². The molecule has 1 aliphatic rings. The molecule has 3 aromatic rings. The van der Waals surface area contributed by atoms with Crippen molar-refractivity contribution in [1.29, 1.82) is 0 Å². The number of carbonyl (C=O) groups excluding carboxylic acids is 2. The third kappa shape index (κ3) is 5.22. The molecular weight excluding hydrogens is 440 g/mol. The van der Waals surface area contributed by atoms with Crippen LogP contribution in [0.5, 0.6) is 11.5 Å². The van der Waals surface area contributed by atoms with E-state index < -0.39 is 0 Å². The molecule has 3 aromatic carbocycles. The first kappa shape index (κ1) is 24.1. The highest BCUT2D eigenvalue weighted by atomic mass is 16.5. The summed E-state index contributed by atoms with van der Waals surface area (Å²) in [5.41, 5.74) is 3.02. The molecule has 0 aliphatic carbocycles. The van der Waals surface area contributed by atoms with E-state index in [9.17, 15) is 9.59 Å². The minimum atomic E-state index is -0.371. The Bertz CT molecular complexity index is 1220. The lowest BCUT2D eigenvalue weighted by atomic mass is 10.1. The topological polar surface area (TPSA) is 59.1 Å². The fraction of sp³-hybridized carbons (Fsp3) is 0.241. The molecule has 0 fully saturated rings. The molecule has 4 rings (SSSR count). The van der Waals surface area contributed by atoms with Crippen LogP contribution in [-0.4, -0.2) is 38.6 Å². The Morgan fingerprint density at radius 2 is 1.71 bits per heavy atom. The number of nitrogens with zero attached hydrogens (tertiary/aromatic N) is 2. The lowest BCUT2D eigenvalue weighted by molar-refractivity contribution is -0.121. The molecule has 1 atom stereocenters. The lowest BCUT2D eigenvalue weighted by Crippen LogP contribution is -2.39. The van der Waals surface area contributed by atoms with Crippen LogP contribution < -0.4 is 19.3 Å². The zero-order valence-electron chi connectivity index (χ0n) is 20.3. The minimum absolute atomic E-state index is 0.0418. The van der Waals surface area contributed by atoms with E-state index in [1.807, 2.05) is 86.7 Å². The molecule has 180 valence electrons. The number of methoxy groups -OCH3 is 1. The quantitative estimate of drug-likeness (QED) is 0.462. The SMILES string of the molecule is C/C=C/c1ccc(OCCN2C(=O)C(C)CN(C(=O)c3ccccc3)c3ccccc32)c(OC)c1. The average Bonchev–Trinajstić information content (AvgIpc) is 3.00. The average molecular weight is 471 g/mol. The second-order valence-corrected chi connectivity index (χ2v) is 8.42. The molecule has 0 saturated carbocycles. The Hall–Kier alpha value is -4.06. The number of ether oxygens (including phenoxy) is 2. The first-order chi connectivity index (χ1) is 17.0. The molecule has 1 aliphatic heterocycles. The highest BCUT2D eigenvalue weighted by Gasteiger charge is 2.33. The largest absolute Gasteiger partial charge is 0.493 e. The number of allylic oxidation sites excluding steroid dienone is 1. The van der Waals surface area contributed by atoms with Crippen molar-refractivity contribution in [2.75, 3.05) is 36.6 Å². The number of anilines is 2. The van der Waals surface area contributed by atoms with Crippen LogP contribution in [0.25, 0.3) is 6.08 Å². The van der Waals surface area contributed by atoms with Gasteiger partial charge in [0.2, 0.25) is 5.91 Å². The maximum Gasteiger partial charge on any atom is 0.258 e. The summed E-state index contributed by atoms with van der Waals surface area (Å²) in [5, 5.41) is 0. The van der Waals surface area contributed by atoms with Gasteiger partial charge in [-0.05, 0) is 48.9 Å². The Morgan fingerprint density at radius 3 is 2.43 bits per heavy atom. The van der Waals surface area contributed by atoms with E-state index in [1.54, 1.807) is 29.0 Å². The number of rotatable bonds is 7. The summed E-state index contributed by atoms with van der Waals surface area (Å²) in [4.78, 5) is 30.2. The normalized spacial score (nSPS) is 15.6. The van der Waals surface area contributed by atoms with Crippen molar-refractivity contribution in [3.8, 4) is 11.5 Å². The highest BCUT2D eigenvalue weighted by Crippen LogP contribution is 2.35. The van der Waals surface area contributed by atoms with Gasteiger partial charge in [-0.3, -0.25) is 9.59 Å². The van der Waals surface area contributed by atoms with E-state index >= 15 is 0 Å². The number of para-hydroxylation sites is 2. The number of hydrogen-bond donors (Lipinski definition) is 0. The van der Waals surface area contributed by atoms with Gasteiger partial charge in [0.25, 0.3) is 5.91 Å². The van der Waals surface area contributed by atoms with Crippen molar-refractivity contribution in [2.24, 2.45) is 5.92 Å². The fourth-order valence-corrected chi connectivity index (χ4v) is 4.26. The summed E-state index contributed by atoms with van der Waals surface area (Å²) < 4.78 is 11.5. The van der Waals surface area contributed by atoms with Gasteiger partial charge in [-0.25, -0.2) is 0 Å². The zero-order valence-corrected chi connectivity index (χ0v) is 20.3. The first-order valence-electron chi connectivity index (χ1n) is 11.7. The smallest absolute Gasteiger partial charge is 0.258 e. The predicted octanol–water partition coefficient (Wildman–Crippen LogP) is 5.44. The maximum atomic E-state index is 13.4. The van der Waals surface area contributed by atoms with Gasteiger partial charge in [0.15, 0.2) is 11.5 Å².